The van der Waals surface area contributed by atoms with E-state index in [1.54, 1.807) is 0 Å². The van der Waals surface area contributed by atoms with Crippen LogP contribution in [0.5, 0.6) is 0 Å². The molecule has 72 valence electrons. The van der Waals surface area contributed by atoms with Crippen LogP contribution in [0.3, 0.4) is 0 Å². The van der Waals surface area contributed by atoms with Gasteiger partial charge < -0.3 is 0 Å². The highest BCUT2D eigenvalue weighted by Gasteiger charge is 2.27. The van der Waals surface area contributed by atoms with Crippen LogP contribution in [0, 0.1) is 5.92 Å². The molecule has 0 fully saturated rings. The minimum absolute atomic E-state index is 0.171. The summed E-state index contributed by atoms with van der Waals surface area (Å²) in [5.74, 6) is 0.471. The zero-order valence-electron chi connectivity index (χ0n) is 8.58. The third-order valence-corrected chi connectivity index (χ3v) is 2.80. The van der Waals surface area contributed by atoms with Gasteiger partial charge in [-0.1, -0.05) is 42.8 Å². The Morgan fingerprint density at radius 3 is 2.36 bits per heavy atom. The summed E-state index contributed by atoms with van der Waals surface area (Å²) in [6.45, 7) is 4.06. The predicted octanol–water partition coefficient (Wildman–Crippen LogP) is 3.07. The molecule has 1 aromatic rings. The van der Waals surface area contributed by atoms with Crippen LogP contribution in [-0.2, 0) is 4.79 Å². The second-order valence-corrected chi connectivity index (χ2v) is 3.99. The fourth-order valence-electron chi connectivity index (χ4n) is 2.10. The van der Waals surface area contributed by atoms with Crippen LogP contribution in [0.1, 0.15) is 25.8 Å². The van der Waals surface area contributed by atoms with Crippen LogP contribution in [0.25, 0.3) is 5.57 Å². The lowest BCUT2D eigenvalue weighted by molar-refractivity contribution is -0.116. The topological polar surface area (TPSA) is 17.1 Å². The van der Waals surface area contributed by atoms with Gasteiger partial charge >= 0.3 is 0 Å². The maximum atomic E-state index is 11.9. The number of carbonyl (C=O) groups is 1. The van der Waals surface area contributed by atoms with Gasteiger partial charge in [-0.05, 0) is 18.9 Å². The van der Waals surface area contributed by atoms with E-state index in [1.165, 1.54) is 5.57 Å². The van der Waals surface area contributed by atoms with Gasteiger partial charge in [0, 0.05) is 11.5 Å². The average molecular weight is 186 g/mol. The Balaban J connectivity index is 2.45. The van der Waals surface area contributed by atoms with Crippen molar-refractivity contribution in [3.63, 3.8) is 0 Å². The standard InChI is InChI=1S/C13H14O/c1-9-8-10(2)13(14)12(9)11-6-4-3-5-7-11/h3-7,10H,8H2,1-2H3/t10-/m1/s1. The van der Waals surface area contributed by atoms with Crippen molar-refractivity contribution in [1.82, 2.24) is 0 Å². The van der Waals surface area contributed by atoms with E-state index in [0.717, 1.165) is 17.6 Å². The summed E-state index contributed by atoms with van der Waals surface area (Å²) in [4.78, 5) is 11.9. The van der Waals surface area contributed by atoms with Crippen molar-refractivity contribution in [3.05, 3.63) is 41.5 Å². The van der Waals surface area contributed by atoms with E-state index in [9.17, 15) is 4.79 Å². The average Bonchev–Trinajstić information content (AvgIpc) is 2.43. The maximum absolute atomic E-state index is 11.9. The Kier molecular flexibility index (Phi) is 2.24. The number of hydrogen-bond acceptors (Lipinski definition) is 1. The normalized spacial score (nSPS) is 21.9. The monoisotopic (exact) mass is 186 g/mol. The van der Waals surface area contributed by atoms with Crippen LogP contribution < -0.4 is 0 Å². The van der Waals surface area contributed by atoms with Crippen LogP contribution in [0.2, 0.25) is 0 Å². The number of ketones is 1. The molecular weight excluding hydrogens is 172 g/mol. The molecular formula is C13H14O. The molecule has 14 heavy (non-hydrogen) atoms. The predicted molar refractivity (Wildman–Crippen MR) is 57.8 cm³/mol. The molecule has 1 aliphatic rings. The van der Waals surface area contributed by atoms with Gasteiger partial charge in [-0.15, -0.1) is 0 Å². The van der Waals surface area contributed by atoms with Crippen molar-refractivity contribution in [1.29, 1.82) is 0 Å². The summed E-state index contributed by atoms with van der Waals surface area (Å²) in [5.41, 5.74) is 3.24. The van der Waals surface area contributed by atoms with E-state index in [0.29, 0.717) is 5.78 Å². The van der Waals surface area contributed by atoms with Crippen molar-refractivity contribution in [2.45, 2.75) is 20.3 Å². The first kappa shape index (κ1) is 9.20. The van der Waals surface area contributed by atoms with Gasteiger partial charge in [-0.2, -0.15) is 0 Å². The molecule has 0 aromatic heterocycles. The Morgan fingerprint density at radius 1 is 1.21 bits per heavy atom. The summed E-state index contributed by atoms with van der Waals surface area (Å²) in [6, 6.07) is 9.95. The first-order valence-corrected chi connectivity index (χ1v) is 4.99. The Morgan fingerprint density at radius 2 is 1.86 bits per heavy atom. The fourth-order valence-corrected chi connectivity index (χ4v) is 2.10. The van der Waals surface area contributed by atoms with Crippen molar-refractivity contribution in [3.8, 4) is 0 Å². The quantitative estimate of drug-likeness (QED) is 0.658. The molecule has 0 bridgehead atoms. The lowest BCUT2D eigenvalue weighted by atomic mass is 10.0. The minimum Gasteiger partial charge on any atom is -0.294 e. The molecule has 1 nitrogen and oxygen atoms in total. The van der Waals surface area contributed by atoms with E-state index in [-0.39, 0.29) is 5.92 Å². The van der Waals surface area contributed by atoms with Crippen LogP contribution >= 0.6 is 0 Å². The Bertz CT molecular complexity index is 387. The molecule has 0 aliphatic heterocycles. The van der Waals surface area contributed by atoms with E-state index < -0.39 is 0 Å². The van der Waals surface area contributed by atoms with Gasteiger partial charge in [0.05, 0.1) is 0 Å². The van der Waals surface area contributed by atoms with E-state index in [4.69, 9.17) is 0 Å². The molecule has 1 heteroatoms. The Hall–Kier alpha value is -1.37. The zero-order chi connectivity index (χ0) is 10.1. The molecule has 0 spiro atoms. The van der Waals surface area contributed by atoms with E-state index in [1.807, 2.05) is 37.3 Å². The molecule has 1 atom stereocenters. The lowest BCUT2D eigenvalue weighted by Crippen LogP contribution is -2.05. The molecule has 0 saturated heterocycles. The molecule has 1 aliphatic carbocycles. The van der Waals surface area contributed by atoms with Gasteiger partial charge in [0.25, 0.3) is 0 Å². The molecule has 0 radical (unpaired) electrons. The van der Waals surface area contributed by atoms with E-state index >= 15 is 0 Å². The molecule has 0 unspecified atom stereocenters. The van der Waals surface area contributed by atoms with Gasteiger partial charge in [0.1, 0.15) is 0 Å². The molecule has 0 saturated carbocycles. The number of rotatable bonds is 1. The SMILES string of the molecule is CC1=C(c2ccccc2)C(=O)[C@H](C)C1. The summed E-state index contributed by atoms with van der Waals surface area (Å²) < 4.78 is 0. The van der Waals surface area contributed by atoms with Crippen LogP contribution in [0.4, 0.5) is 0 Å². The zero-order valence-corrected chi connectivity index (χ0v) is 8.58. The summed E-state index contributed by atoms with van der Waals surface area (Å²) in [6.07, 6.45) is 0.920. The van der Waals surface area contributed by atoms with Crippen molar-refractivity contribution in [2.75, 3.05) is 0 Å². The third-order valence-electron chi connectivity index (χ3n) is 2.80. The summed E-state index contributed by atoms with van der Waals surface area (Å²) in [5, 5.41) is 0. The number of allylic oxidation sites excluding steroid dienone is 2. The molecule has 0 N–H and O–H groups in total. The van der Waals surface area contributed by atoms with Gasteiger partial charge in [-0.25, -0.2) is 0 Å². The number of carbonyl (C=O) groups excluding carboxylic acids is 1. The van der Waals surface area contributed by atoms with Crippen molar-refractivity contribution < 1.29 is 4.79 Å². The smallest absolute Gasteiger partial charge is 0.166 e. The van der Waals surface area contributed by atoms with Crippen molar-refractivity contribution in [2.24, 2.45) is 5.92 Å². The minimum atomic E-state index is 0.171. The highest BCUT2D eigenvalue weighted by Crippen LogP contribution is 2.33. The first-order valence-electron chi connectivity index (χ1n) is 4.99. The highest BCUT2D eigenvalue weighted by molar-refractivity contribution is 6.24. The largest absolute Gasteiger partial charge is 0.294 e. The molecule has 1 aromatic carbocycles. The van der Waals surface area contributed by atoms with Crippen molar-refractivity contribution >= 4 is 11.4 Å². The third kappa shape index (κ3) is 1.39. The van der Waals surface area contributed by atoms with Crippen LogP contribution in [-0.4, -0.2) is 5.78 Å². The lowest BCUT2D eigenvalue weighted by Gasteiger charge is -2.03. The van der Waals surface area contributed by atoms with Gasteiger partial charge in [0.2, 0.25) is 0 Å². The Labute approximate surface area is 84.5 Å². The summed E-state index contributed by atoms with van der Waals surface area (Å²) >= 11 is 0. The second-order valence-electron chi connectivity index (χ2n) is 3.99. The van der Waals surface area contributed by atoms with Crippen LogP contribution in [0.15, 0.2) is 35.9 Å². The second kappa shape index (κ2) is 3.41. The number of Topliss-reactive ketones (excluding diaryl/α,β-unsaturated/α-hetero) is 1. The molecule has 0 amide bonds. The maximum Gasteiger partial charge on any atom is 0.166 e. The van der Waals surface area contributed by atoms with Gasteiger partial charge in [0.15, 0.2) is 5.78 Å². The summed E-state index contributed by atoms with van der Waals surface area (Å²) in [7, 11) is 0. The first-order chi connectivity index (χ1) is 6.70. The number of benzene rings is 1. The fraction of sp³-hybridized carbons (Fsp3) is 0.308. The molecule has 2 rings (SSSR count). The number of hydrogen-bond donors (Lipinski definition) is 0. The molecule has 0 heterocycles. The van der Waals surface area contributed by atoms with Gasteiger partial charge in [-0.3, -0.25) is 4.79 Å². The van der Waals surface area contributed by atoms with E-state index in [2.05, 4.69) is 6.92 Å². The highest BCUT2D eigenvalue weighted by atomic mass is 16.1.